The zero-order valence-electron chi connectivity index (χ0n) is 10.3. The molecule has 3 nitrogen and oxygen atoms in total. The summed E-state index contributed by atoms with van der Waals surface area (Å²) in [5.41, 5.74) is 7.27. The van der Waals surface area contributed by atoms with Gasteiger partial charge in [0.1, 0.15) is 5.84 Å². The van der Waals surface area contributed by atoms with E-state index in [0.29, 0.717) is 10.6 Å². The summed E-state index contributed by atoms with van der Waals surface area (Å²) in [7, 11) is 0. The molecule has 2 atom stereocenters. The minimum Gasteiger partial charge on any atom is -0.384 e. The maximum atomic E-state index is 7.44. The molecule has 0 amide bonds. The maximum Gasteiger partial charge on any atom is 0.124 e. The first-order valence-electron chi connectivity index (χ1n) is 6.54. The number of nitrogen functional groups attached to an aromatic ring is 1. The Bertz CT molecular complexity index is 474. The van der Waals surface area contributed by atoms with E-state index in [-0.39, 0.29) is 5.84 Å². The molecule has 1 aliphatic heterocycles. The molecule has 0 bridgehead atoms. The third-order valence-corrected chi connectivity index (χ3v) is 4.65. The third kappa shape index (κ3) is 1.97. The van der Waals surface area contributed by atoms with Crippen LogP contribution < -0.4 is 10.6 Å². The summed E-state index contributed by atoms with van der Waals surface area (Å²) < 4.78 is 0. The number of amidine groups is 1. The van der Waals surface area contributed by atoms with Gasteiger partial charge in [-0.1, -0.05) is 18.0 Å². The Morgan fingerprint density at radius 2 is 1.94 bits per heavy atom. The first-order valence-corrected chi connectivity index (χ1v) is 6.92. The highest BCUT2D eigenvalue weighted by molar-refractivity contribution is 6.34. The standard InChI is InChI=1S/C14H18ClN3/c15-13-6-11(4-5-12(13)14(16)17)18-7-9-2-1-3-10(9)8-18/h4-6,9-10H,1-3,7-8H2,(H3,16,17). The quantitative estimate of drug-likeness (QED) is 0.637. The van der Waals surface area contributed by atoms with E-state index in [1.807, 2.05) is 18.2 Å². The van der Waals surface area contributed by atoms with E-state index in [1.165, 1.54) is 24.9 Å². The molecule has 2 aliphatic rings. The van der Waals surface area contributed by atoms with E-state index in [1.54, 1.807) is 0 Å². The van der Waals surface area contributed by atoms with Crippen LogP contribution in [-0.4, -0.2) is 18.9 Å². The lowest BCUT2D eigenvalue weighted by atomic mass is 10.0. The lowest BCUT2D eigenvalue weighted by molar-refractivity contribution is 0.494. The predicted molar refractivity (Wildman–Crippen MR) is 75.5 cm³/mol. The Labute approximate surface area is 112 Å². The summed E-state index contributed by atoms with van der Waals surface area (Å²) in [6.07, 6.45) is 4.15. The highest BCUT2D eigenvalue weighted by atomic mass is 35.5. The minimum atomic E-state index is 0.0323. The minimum absolute atomic E-state index is 0.0323. The van der Waals surface area contributed by atoms with Crippen molar-refractivity contribution < 1.29 is 0 Å². The van der Waals surface area contributed by atoms with E-state index < -0.39 is 0 Å². The molecule has 0 radical (unpaired) electrons. The number of nitrogens with two attached hydrogens (primary N) is 1. The average Bonchev–Trinajstić information content (AvgIpc) is 2.87. The molecular formula is C14H18ClN3. The van der Waals surface area contributed by atoms with Gasteiger partial charge in [-0.2, -0.15) is 0 Å². The van der Waals surface area contributed by atoms with Crippen LogP contribution in [0.3, 0.4) is 0 Å². The van der Waals surface area contributed by atoms with Crippen molar-refractivity contribution in [2.24, 2.45) is 17.6 Å². The predicted octanol–water partition coefficient (Wildman–Crippen LogP) is 2.86. The molecular weight excluding hydrogens is 246 g/mol. The number of hydrogen-bond acceptors (Lipinski definition) is 2. The summed E-state index contributed by atoms with van der Waals surface area (Å²) >= 11 is 6.18. The van der Waals surface area contributed by atoms with Crippen molar-refractivity contribution in [2.45, 2.75) is 19.3 Å². The first-order chi connectivity index (χ1) is 8.65. The fraction of sp³-hybridized carbons (Fsp3) is 0.500. The molecule has 96 valence electrons. The van der Waals surface area contributed by atoms with Crippen LogP contribution in [0.5, 0.6) is 0 Å². The van der Waals surface area contributed by atoms with Gasteiger partial charge >= 0.3 is 0 Å². The van der Waals surface area contributed by atoms with Crippen molar-refractivity contribution in [3.8, 4) is 0 Å². The van der Waals surface area contributed by atoms with Gasteiger partial charge in [0.05, 0.1) is 5.02 Å². The number of hydrogen-bond donors (Lipinski definition) is 2. The van der Waals surface area contributed by atoms with Crippen LogP contribution in [0.1, 0.15) is 24.8 Å². The Balaban J connectivity index is 1.81. The number of nitrogens with one attached hydrogen (secondary N) is 1. The van der Waals surface area contributed by atoms with Gasteiger partial charge in [0, 0.05) is 24.3 Å². The molecule has 1 saturated heterocycles. The zero-order valence-corrected chi connectivity index (χ0v) is 11.1. The fourth-order valence-corrected chi connectivity index (χ4v) is 3.64. The van der Waals surface area contributed by atoms with Gasteiger partial charge < -0.3 is 10.6 Å². The van der Waals surface area contributed by atoms with Crippen molar-refractivity contribution in [1.82, 2.24) is 0 Å². The van der Waals surface area contributed by atoms with Gasteiger partial charge in [0.2, 0.25) is 0 Å². The Morgan fingerprint density at radius 3 is 2.50 bits per heavy atom. The van der Waals surface area contributed by atoms with Crippen LogP contribution in [0.15, 0.2) is 18.2 Å². The first kappa shape index (κ1) is 11.8. The molecule has 1 aromatic carbocycles. The largest absolute Gasteiger partial charge is 0.384 e. The smallest absolute Gasteiger partial charge is 0.124 e. The summed E-state index contributed by atoms with van der Waals surface area (Å²) in [5.74, 6) is 1.78. The van der Waals surface area contributed by atoms with Crippen LogP contribution in [0, 0.1) is 17.2 Å². The molecule has 2 unspecified atom stereocenters. The average molecular weight is 264 g/mol. The Morgan fingerprint density at radius 1 is 1.28 bits per heavy atom. The molecule has 0 aromatic heterocycles. The second-order valence-corrected chi connectivity index (χ2v) is 5.84. The number of halogens is 1. The van der Waals surface area contributed by atoms with Crippen LogP contribution in [0.25, 0.3) is 0 Å². The number of anilines is 1. The lowest BCUT2D eigenvalue weighted by Gasteiger charge is -2.20. The molecule has 1 heterocycles. The van der Waals surface area contributed by atoms with Crippen LogP contribution >= 0.6 is 11.6 Å². The summed E-state index contributed by atoms with van der Waals surface area (Å²) in [5, 5.41) is 8.02. The summed E-state index contributed by atoms with van der Waals surface area (Å²) in [4.78, 5) is 2.42. The molecule has 3 rings (SSSR count). The molecule has 4 heteroatoms. The molecule has 0 spiro atoms. The highest BCUT2D eigenvalue weighted by Gasteiger charge is 2.36. The van der Waals surface area contributed by atoms with Crippen molar-refractivity contribution in [3.63, 3.8) is 0 Å². The normalized spacial score (nSPS) is 26.4. The molecule has 1 aromatic rings. The number of fused-ring (bicyclic) bond motifs is 1. The number of rotatable bonds is 2. The van der Waals surface area contributed by atoms with Gasteiger partial charge in [-0.05, 0) is 42.9 Å². The Kier molecular flexibility index (Phi) is 2.94. The molecule has 3 N–H and O–H groups in total. The molecule has 2 fully saturated rings. The van der Waals surface area contributed by atoms with E-state index in [2.05, 4.69) is 4.90 Å². The second-order valence-electron chi connectivity index (χ2n) is 5.43. The van der Waals surface area contributed by atoms with Crippen molar-refractivity contribution >= 4 is 23.1 Å². The lowest BCUT2D eigenvalue weighted by Crippen LogP contribution is -2.21. The Hall–Kier alpha value is -1.22. The SMILES string of the molecule is N=C(N)c1ccc(N2CC3CCCC3C2)cc1Cl. The van der Waals surface area contributed by atoms with E-state index in [0.717, 1.165) is 24.9 Å². The molecule has 1 saturated carbocycles. The van der Waals surface area contributed by atoms with Crippen LogP contribution in [0.2, 0.25) is 5.02 Å². The van der Waals surface area contributed by atoms with Crippen molar-refractivity contribution in [2.75, 3.05) is 18.0 Å². The van der Waals surface area contributed by atoms with E-state index >= 15 is 0 Å². The monoisotopic (exact) mass is 263 g/mol. The topological polar surface area (TPSA) is 53.1 Å². The van der Waals surface area contributed by atoms with Gasteiger partial charge in [-0.25, -0.2) is 0 Å². The van der Waals surface area contributed by atoms with E-state index in [4.69, 9.17) is 22.7 Å². The van der Waals surface area contributed by atoms with Crippen LogP contribution in [0.4, 0.5) is 5.69 Å². The zero-order chi connectivity index (χ0) is 12.7. The van der Waals surface area contributed by atoms with Crippen molar-refractivity contribution in [3.05, 3.63) is 28.8 Å². The summed E-state index contributed by atoms with van der Waals surface area (Å²) in [6, 6.07) is 5.83. The molecule has 18 heavy (non-hydrogen) atoms. The van der Waals surface area contributed by atoms with E-state index in [9.17, 15) is 0 Å². The van der Waals surface area contributed by atoms with Gasteiger partial charge in [0.25, 0.3) is 0 Å². The highest BCUT2D eigenvalue weighted by Crippen LogP contribution is 2.40. The van der Waals surface area contributed by atoms with Gasteiger partial charge in [-0.3, -0.25) is 5.41 Å². The van der Waals surface area contributed by atoms with Gasteiger partial charge in [0.15, 0.2) is 0 Å². The number of benzene rings is 1. The maximum absolute atomic E-state index is 7.44. The van der Waals surface area contributed by atoms with Crippen LogP contribution in [-0.2, 0) is 0 Å². The van der Waals surface area contributed by atoms with Gasteiger partial charge in [-0.15, -0.1) is 0 Å². The third-order valence-electron chi connectivity index (χ3n) is 4.33. The number of nitrogens with zero attached hydrogens (tertiary/aromatic N) is 1. The second kappa shape index (κ2) is 4.47. The fourth-order valence-electron chi connectivity index (χ4n) is 3.37. The van der Waals surface area contributed by atoms with Crippen molar-refractivity contribution in [1.29, 1.82) is 5.41 Å². The summed E-state index contributed by atoms with van der Waals surface area (Å²) in [6.45, 7) is 2.31. The molecule has 1 aliphatic carbocycles.